The highest BCUT2D eigenvalue weighted by Gasteiger charge is 2.15. The summed E-state index contributed by atoms with van der Waals surface area (Å²) in [6.45, 7) is 0.340. The van der Waals surface area contributed by atoms with Crippen LogP contribution in [0.1, 0.15) is 21.5 Å². The van der Waals surface area contributed by atoms with Gasteiger partial charge >= 0.3 is 5.97 Å². The van der Waals surface area contributed by atoms with Crippen molar-refractivity contribution < 1.29 is 24.2 Å². The first-order chi connectivity index (χ1) is 15.9. The minimum Gasteiger partial charge on any atom is -0.493 e. The molecule has 0 atom stereocenters. The smallest absolute Gasteiger partial charge is 0.335 e. The highest BCUT2D eigenvalue weighted by molar-refractivity contribution is 9.10. The number of rotatable bonds is 8. The molecule has 0 aliphatic rings. The summed E-state index contributed by atoms with van der Waals surface area (Å²) in [4.78, 5) is 23.7. The number of nitriles is 1. The van der Waals surface area contributed by atoms with E-state index in [9.17, 15) is 14.9 Å². The van der Waals surface area contributed by atoms with Crippen molar-refractivity contribution in [1.29, 1.82) is 5.26 Å². The molecule has 0 radical (unpaired) electrons. The molecule has 3 aromatic rings. The molecule has 8 heteroatoms. The second-order valence-electron chi connectivity index (χ2n) is 6.82. The van der Waals surface area contributed by atoms with E-state index in [-0.39, 0.29) is 16.8 Å². The van der Waals surface area contributed by atoms with Gasteiger partial charge in [0.1, 0.15) is 18.2 Å². The Kier molecular flexibility index (Phi) is 7.84. The summed E-state index contributed by atoms with van der Waals surface area (Å²) in [6, 6.07) is 20.7. The molecule has 0 unspecified atom stereocenters. The van der Waals surface area contributed by atoms with Gasteiger partial charge in [-0.25, -0.2) is 4.79 Å². The van der Waals surface area contributed by atoms with Gasteiger partial charge in [-0.1, -0.05) is 36.4 Å². The van der Waals surface area contributed by atoms with Gasteiger partial charge in [-0.05, 0) is 63.5 Å². The maximum Gasteiger partial charge on any atom is 0.335 e. The number of carboxylic acids is 1. The van der Waals surface area contributed by atoms with Crippen molar-refractivity contribution >= 4 is 39.6 Å². The van der Waals surface area contributed by atoms with Gasteiger partial charge in [0.15, 0.2) is 11.5 Å². The number of carboxylic acid groups (broad SMARTS) is 1. The van der Waals surface area contributed by atoms with Crippen LogP contribution in [0.4, 0.5) is 5.69 Å². The molecular weight excluding hydrogens is 488 g/mol. The van der Waals surface area contributed by atoms with Gasteiger partial charge in [0, 0.05) is 5.69 Å². The number of carbonyl (C=O) groups excluding carboxylic acids is 1. The molecule has 0 saturated carbocycles. The van der Waals surface area contributed by atoms with Crippen LogP contribution in [-0.4, -0.2) is 24.1 Å². The van der Waals surface area contributed by atoms with Gasteiger partial charge in [0.2, 0.25) is 0 Å². The second kappa shape index (κ2) is 11.0. The SMILES string of the molecule is COc1cc(/C=C(/C#N)C(=O)Nc2cccc(C(=O)O)c2)cc(Br)c1OCc1ccccc1. The molecule has 2 N–H and O–H groups in total. The Hall–Kier alpha value is -4.09. The van der Waals surface area contributed by atoms with Crippen LogP contribution in [-0.2, 0) is 11.4 Å². The highest BCUT2D eigenvalue weighted by atomic mass is 79.9. The van der Waals surface area contributed by atoms with Gasteiger partial charge in [-0.2, -0.15) is 5.26 Å². The molecule has 7 nitrogen and oxygen atoms in total. The Morgan fingerprint density at radius 3 is 2.55 bits per heavy atom. The zero-order valence-electron chi connectivity index (χ0n) is 17.5. The van der Waals surface area contributed by atoms with Gasteiger partial charge in [-0.3, -0.25) is 4.79 Å². The van der Waals surface area contributed by atoms with E-state index in [1.807, 2.05) is 36.4 Å². The van der Waals surface area contributed by atoms with Gasteiger partial charge in [0.05, 0.1) is 17.1 Å². The number of ether oxygens (including phenoxy) is 2. The van der Waals surface area contributed by atoms with E-state index in [0.29, 0.717) is 28.1 Å². The van der Waals surface area contributed by atoms with E-state index in [1.165, 1.54) is 37.5 Å². The average molecular weight is 507 g/mol. The van der Waals surface area contributed by atoms with Crippen molar-refractivity contribution in [1.82, 2.24) is 0 Å². The zero-order valence-corrected chi connectivity index (χ0v) is 19.1. The number of amides is 1. The first kappa shape index (κ1) is 23.6. The zero-order chi connectivity index (χ0) is 23.8. The van der Waals surface area contributed by atoms with Crippen LogP contribution >= 0.6 is 15.9 Å². The summed E-state index contributed by atoms with van der Waals surface area (Å²) in [5.74, 6) is -0.862. The maximum atomic E-state index is 12.6. The molecule has 33 heavy (non-hydrogen) atoms. The minimum absolute atomic E-state index is 0.0232. The van der Waals surface area contributed by atoms with Crippen LogP contribution in [0.15, 0.2) is 76.8 Å². The lowest BCUT2D eigenvalue weighted by atomic mass is 10.1. The number of anilines is 1. The first-order valence-corrected chi connectivity index (χ1v) is 10.5. The van der Waals surface area contributed by atoms with Crippen molar-refractivity contribution in [3.63, 3.8) is 0 Å². The predicted octanol–water partition coefficient (Wildman–Crippen LogP) is 5.28. The van der Waals surface area contributed by atoms with Crippen molar-refractivity contribution in [2.75, 3.05) is 12.4 Å². The lowest BCUT2D eigenvalue weighted by molar-refractivity contribution is -0.112. The molecule has 0 aliphatic carbocycles. The van der Waals surface area contributed by atoms with Gasteiger partial charge in [0.25, 0.3) is 5.91 Å². The van der Waals surface area contributed by atoms with Crippen molar-refractivity contribution in [3.8, 4) is 17.6 Å². The largest absolute Gasteiger partial charge is 0.493 e. The summed E-state index contributed by atoms with van der Waals surface area (Å²) in [5, 5.41) is 21.1. The van der Waals surface area contributed by atoms with Gasteiger partial charge < -0.3 is 19.9 Å². The number of methoxy groups -OCH3 is 1. The fourth-order valence-corrected chi connectivity index (χ4v) is 3.51. The van der Waals surface area contributed by atoms with E-state index in [0.717, 1.165) is 5.56 Å². The lowest BCUT2D eigenvalue weighted by Crippen LogP contribution is -2.14. The van der Waals surface area contributed by atoms with E-state index >= 15 is 0 Å². The Bertz CT molecular complexity index is 1250. The highest BCUT2D eigenvalue weighted by Crippen LogP contribution is 2.37. The quantitative estimate of drug-likeness (QED) is 0.317. The van der Waals surface area contributed by atoms with Crippen molar-refractivity contribution in [2.24, 2.45) is 0 Å². The van der Waals surface area contributed by atoms with Crippen LogP contribution < -0.4 is 14.8 Å². The molecule has 0 fully saturated rings. The Labute approximate surface area is 199 Å². The molecule has 0 heterocycles. The molecule has 0 spiro atoms. The number of nitrogens with zero attached hydrogens (tertiary/aromatic N) is 1. The second-order valence-corrected chi connectivity index (χ2v) is 7.67. The third kappa shape index (κ3) is 6.21. The van der Waals surface area contributed by atoms with Crippen molar-refractivity contribution in [3.05, 3.63) is 93.5 Å². The molecule has 0 saturated heterocycles. The molecule has 0 bridgehead atoms. The fourth-order valence-electron chi connectivity index (χ4n) is 2.94. The summed E-state index contributed by atoms with van der Waals surface area (Å²) in [7, 11) is 1.50. The third-order valence-electron chi connectivity index (χ3n) is 4.52. The van der Waals surface area contributed by atoms with Crippen LogP contribution in [0.5, 0.6) is 11.5 Å². The Morgan fingerprint density at radius 2 is 1.88 bits per heavy atom. The van der Waals surface area contributed by atoms with E-state index in [4.69, 9.17) is 14.6 Å². The molecule has 3 rings (SSSR count). The molecule has 3 aromatic carbocycles. The summed E-state index contributed by atoms with van der Waals surface area (Å²) < 4.78 is 11.9. The molecule has 1 amide bonds. The maximum absolute atomic E-state index is 12.6. The molecule has 0 aromatic heterocycles. The number of hydrogen-bond donors (Lipinski definition) is 2. The van der Waals surface area contributed by atoms with Crippen LogP contribution in [0.2, 0.25) is 0 Å². The van der Waals surface area contributed by atoms with Crippen LogP contribution in [0, 0.1) is 11.3 Å². The number of aromatic carboxylic acids is 1. The Balaban J connectivity index is 1.82. The Morgan fingerprint density at radius 1 is 1.12 bits per heavy atom. The summed E-state index contributed by atoms with van der Waals surface area (Å²) in [5.41, 5.74) is 1.66. The fraction of sp³-hybridized carbons (Fsp3) is 0.0800. The number of nitrogens with one attached hydrogen (secondary N) is 1. The predicted molar refractivity (Wildman–Crippen MR) is 127 cm³/mol. The number of halogens is 1. The van der Waals surface area contributed by atoms with E-state index in [2.05, 4.69) is 21.2 Å². The molecular formula is C25H19BrN2O5. The number of carbonyl (C=O) groups is 2. The van der Waals surface area contributed by atoms with Crippen molar-refractivity contribution in [2.45, 2.75) is 6.61 Å². The summed E-state index contributed by atoms with van der Waals surface area (Å²) >= 11 is 3.46. The average Bonchev–Trinajstić information content (AvgIpc) is 2.82. The molecule has 0 aliphatic heterocycles. The van der Waals surface area contributed by atoms with Crippen LogP contribution in [0.3, 0.4) is 0 Å². The van der Waals surface area contributed by atoms with Crippen LogP contribution in [0.25, 0.3) is 6.08 Å². The van der Waals surface area contributed by atoms with E-state index in [1.54, 1.807) is 12.1 Å². The minimum atomic E-state index is -1.12. The third-order valence-corrected chi connectivity index (χ3v) is 5.11. The molecule has 166 valence electrons. The lowest BCUT2D eigenvalue weighted by Gasteiger charge is -2.14. The number of benzene rings is 3. The van der Waals surface area contributed by atoms with E-state index < -0.39 is 11.9 Å². The summed E-state index contributed by atoms with van der Waals surface area (Å²) in [6.07, 6.45) is 1.41. The number of hydrogen-bond acceptors (Lipinski definition) is 5. The monoisotopic (exact) mass is 506 g/mol. The standard InChI is InChI=1S/C25H19BrN2O5/c1-32-22-12-17(11-21(26)23(22)33-15-16-6-3-2-4-7-16)10-19(14-27)24(29)28-20-9-5-8-18(13-20)25(30)31/h2-13H,15H2,1H3,(H,28,29)(H,30,31)/b19-10-. The topological polar surface area (TPSA) is 109 Å². The van der Waals surface area contributed by atoms with Gasteiger partial charge in [-0.15, -0.1) is 0 Å². The normalized spacial score (nSPS) is 10.8. The first-order valence-electron chi connectivity index (χ1n) is 9.72.